The van der Waals surface area contributed by atoms with Gasteiger partial charge in [0.25, 0.3) is 0 Å². The molecule has 0 spiro atoms. The third-order valence-corrected chi connectivity index (χ3v) is 3.18. The molecule has 58 valence electrons. The Morgan fingerprint density at radius 1 is 1.45 bits per heavy atom. The van der Waals surface area contributed by atoms with E-state index in [1.54, 1.807) is 0 Å². The highest BCUT2D eigenvalue weighted by Gasteiger charge is 2.26. The minimum atomic E-state index is 0.139. The van der Waals surface area contributed by atoms with Crippen molar-refractivity contribution in [1.82, 2.24) is 0 Å². The maximum Gasteiger partial charge on any atom is 0.166 e. The van der Waals surface area contributed by atoms with Crippen molar-refractivity contribution in [3.8, 4) is 0 Å². The van der Waals surface area contributed by atoms with E-state index in [-0.39, 0.29) is 5.78 Å². The van der Waals surface area contributed by atoms with Gasteiger partial charge in [0, 0.05) is 6.42 Å². The number of fused-ring (bicyclic) bond motifs is 1. The van der Waals surface area contributed by atoms with Crippen molar-refractivity contribution in [2.24, 2.45) is 0 Å². The SMILES string of the molecule is Nc1sc(Cl)c2c1C(=O)CC2. The first kappa shape index (κ1) is 7.13. The van der Waals surface area contributed by atoms with Crippen molar-refractivity contribution in [2.75, 3.05) is 5.73 Å². The van der Waals surface area contributed by atoms with Crippen molar-refractivity contribution in [3.63, 3.8) is 0 Å². The number of carbonyl (C=O) groups is 1. The van der Waals surface area contributed by atoms with E-state index in [4.69, 9.17) is 17.3 Å². The maximum atomic E-state index is 11.2. The molecule has 0 saturated heterocycles. The van der Waals surface area contributed by atoms with Gasteiger partial charge in [0.15, 0.2) is 5.78 Å². The number of anilines is 1. The first-order valence-corrected chi connectivity index (χ1v) is 4.49. The molecule has 2 N–H and O–H groups in total. The van der Waals surface area contributed by atoms with Gasteiger partial charge in [-0.2, -0.15) is 0 Å². The van der Waals surface area contributed by atoms with Crippen LogP contribution in [0.4, 0.5) is 5.00 Å². The Morgan fingerprint density at radius 3 is 2.82 bits per heavy atom. The summed E-state index contributed by atoms with van der Waals surface area (Å²) < 4.78 is 0.684. The first-order valence-electron chi connectivity index (χ1n) is 3.30. The van der Waals surface area contributed by atoms with E-state index >= 15 is 0 Å². The zero-order chi connectivity index (χ0) is 8.01. The summed E-state index contributed by atoms with van der Waals surface area (Å²) in [5.74, 6) is 0.139. The molecular formula is C7H6ClNOS. The lowest BCUT2D eigenvalue weighted by Crippen LogP contribution is -1.93. The van der Waals surface area contributed by atoms with Gasteiger partial charge < -0.3 is 5.73 Å². The van der Waals surface area contributed by atoms with E-state index in [0.717, 1.165) is 12.0 Å². The molecular weight excluding hydrogens is 182 g/mol. The van der Waals surface area contributed by atoms with Gasteiger partial charge in [-0.25, -0.2) is 0 Å². The molecule has 0 saturated carbocycles. The van der Waals surface area contributed by atoms with Gasteiger partial charge in [0.2, 0.25) is 0 Å². The molecule has 0 radical (unpaired) electrons. The molecule has 1 heterocycles. The molecule has 2 nitrogen and oxygen atoms in total. The van der Waals surface area contributed by atoms with E-state index in [1.807, 2.05) is 0 Å². The van der Waals surface area contributed by atoms with E-state index in [9.17, 15) is 4.79 Å². The van der Waals surface area contributed by atoms with Gasteiger partial charge in [0.05, 0.1) is 14.9 Å². The fourth-order valence-corrected chi connectivity index (χ4v) is 2.65. The lowest BCUT2D eigenvalue weighted by molar-refractivity contribution is 0.0995. The zero-order valence-electron chi connectivity index (χ0n) is 5.69. The van der Waals surface area contributed by atoms with Gasteiger partial charge in [-0.3, -0.25) is 4.79 Å². The third kappa shape index (κ3) is 0.880. The van der Waals surface area contributed by atoms with E-state index < -0.39 is 0 Å². The summed E-state index contributed by atoms with van der Waals surface area (Å²) in [5, 5.41) is 0.576. The van der Waals surface area contributed by atoms with E-state index in [0.29, 0.717) is 21.3 Å². The average Bonchev–Trinajstić information content (AvgIpc) is 2.41. The van der Waals surface area contributed by atoms with Crippen LogP contribution in [0.3, 0.4) is 0 Å². The molecule has 0 aromatic carbocycles. The van der Waals surface area contributed by atoms with Crippen LogP contribution in [0, 0.1) is 0 Å². The molecule has 1 aliphatic carbocycles. The normalized spacial score (nSPS) is 15.5. The molecule has 0 aliphatic heterocycles. The van der Waals surface area contributed by atoms with Gasteiger partial charge >= 0.3 is 0 Å². The molecule has 0 amide bonds. The molecule has 4 heteroatoms. The lowest BCUT2D eigenvalue weighted by Gasteiger charge is -1.87. The fraction of sp³-hybridized carbons (Fsp3) is 0.286. The highest BCUT2D eigenvalue weighted by molar-refractivity contribution is 7.20. The minimum Gasteiger partial charge on any atom is -0.390 e. The topological polar surface area (TPSA) is 43.1 Å². The van der Waals surface area contributed by atoms with Crippen LogP contribution in [-0.4, -0.2) is 5.78 Å². The van der Waals surface area contributed by atoms with Crippen LogP contribution < -0.4 is 5.73 Å². The Kier molecular flexibility index (Phi) is 1.44. The summed E-state index contributed by atoms with van der Waals surface area (Å²) in [4.78, 5) is 11.2. The summed E-state index contributed by atoms with van der Waals surface area (Å²) in [6, 6.07) is 0. The smallest absolute Gasteiger partial charge is 0.166 e. The number of thiophene rings is 1. The number of hydrogen-bond donors (Lipinski definition) is 1. The van der Waals surface area contributed by atoms with Crippen molar-refractivity contribution in [1.29, 1.82) is 0 Å². The van der Waals surface area contributed by atoms with Crippen molar-refractivity contribution < 1.29 is 4.79 Å². The number of ketones is 1. The molecule has 1 aromatic rings. The molecule has 0 fully saturated rings. The quantitative estimate of drug-likeness (QED) is 0.676. The Hall–Kier alpha value is -0.540. The Morgan fingerprint density at radius 2 is 2.18 bits per heavy atom. The van der Waals surface area contributed by atoms with Crippen LogP contribution >= 0.6 is 22.9 Å². The second-order valence-corrected chi connectivity index (χ2v) is 4.17. The number of Topliss-reactive ketones (excluding diaryl/α,β-unsaturated/α-hetero) is 1. The second kappa shape index (κ2) is 2.22. The summed E-state index contributed by atoms with van der Waals surface area (Å²) in [6.07, 6.45) is 1.34. The van der Waals surface area contributed by atoms with E-state index in [1.165, 1.54) is 11.3 Å². The summed E-state index contributed by atoms with van der Waals surface area (Å²) >= 11 is 7.14. The number of carbonyl (C=O) groups excluding carboxylic acids is 1. The van der Waals surface area contributed by atoms with Gasteiger partial charge in [-0.05, 0) is 12.0 Å². The standard InChI is InChI=1S/C7H6ClNOS/c8-6-3-1-2-4(10)5(3)7(9)11-6/h1-2,9H2. The molecule has 1 aromatic heterocycles. The van der Waals surface area contributed by atoms with Gasteiger partial charge in [0.1, 0.15) is 0 Å². The molecule has 11 heavy (non-hydrogen) atoms. The van der Waals surface area contributed by atoms with Crippen molar-refractivity contribution >= 4 is 33.7 Å². The lowest BCUT2D eigenvalue weighted by atomic mass is 10.2. The fourth-order valence-electron chi connectivity index (χ4n) is 1.35. The molecule has 1 aliphatic rings. The van der Waals surface area contributed by atoms with Crippen LogP contribution in [0.5, 0.6) is 0 Å². The highest BCUT2D eigenvalue weighted by atomic mass is 35.5. The predicted molar refractivity (Wildman–Crippen MR) is 46.4 cm³/mol. The number of nitrogen functional groups attached to an aromatic ring is 1. The molecule has 0 atom stereocenters. The van der Waals surface area contributed by atoms with Gasteiger partial charge in [-0.1, -0.05) is 11.6 Å². The average molecular weight is 188 g/mol. The number of halogens is 1. The van der Waals surface area contributed by atoms with Crippen LogP contribution in [0.1, 0.15) is 22.3 Å². The summed E-state index contributed by atoms with van der Waals surface area (Å²) in [7, 11) is 0. The minimum absolute atomic E-state index is 0.139. The molecule has 0 bridgehead atoms. The van der Waals surface area contributed by atoms with Crippen LogP contribution in [0.15, 0.2) is 0 Å². The third-order valence-electron chi connectivity index (χ3n) is 1.87. The monoisotopic (exact) mass is 187 g/mol. The first-order chi connectivity index (χ1) is 5.20. The largest absolute Gasteiger partial charge is 0.390 e. The summed E-state index contributed by atoms with van der Waals surface area (Å²) in [5.41, 5.74) is 7.23. The Bertz CT molecular complexity index is 331. The highest BCUT2D eigenvalue weighted by Crippen LogP contribution is 2.40. The molecule has 2 rings (SSSR count). The van der Waals surface area contributed by atoms with Crippen LogP contribution in [0.2, 0.25) is 4.34 Å². The Balaban J connectivity index is 2.69. The second-order valence-electron chi connectivity index (χ2n) is 2.52. The Labute approximate surface area is 73.0 Å². The van der Waals surface area contributed by atoms with E-state index in [2.05, 4.69) is 0 Å². The summed E-state index contributed by atoms with van der Waals surface area (Å²) in [6.45, 7) is 0. The maximum absolute atomic E-state index is 11.2. The van der Waals surface area contributed by atoms with Crippen LogP contribution in [-0.2, 0) is 6.42 Å². The zero-order valence-corrected chi connectivity index (χ0v) is 7.26. The number of nitrogens with two attached hydrogens (primary N) is 1. The van der Waals surface area contributed by atoms with Crippen molar-refractivity contribution in [3.05, 3.63) is 15.5 Å². The predicted octanol–water partition coefficient (Wildman–Crippen LogP) is 2.11. The number of rotatable bonds is 0. The molecule has 0 unspecified atom stereocenters. The number of hydrogen-bond acceptors (Lipinski definition) is 3. The van der Waals surface area contributed by atoms with Crippen LogP contribution in [0.25, 0.3) is 0 Å². The van der Waals surface area contributed by atoms with Gasteiger partial charge in [-0.15, -0.1) is 11.3 Å². The van der Waals surface area contributed by atoms with Crippen molar-refractivity contribution in [2.45, 2.75) is 12.8 Å².